The Morgan fingerprint density at radius 3 is 2.33 bits per heavy atom. The van der Waals surface area contributed by atoms with E-state index in [-0.39, 0.29) is 32.7 Å². The Morgan fingerprint density at radius 2 is 2.08 bits per heavy atom. The van der Waals surface area contributed by atoms with Crippen molar-refractivity contribution in [3.63, 3.8) is 0 Å². The van der Waals surface area contributed by atoms with Gasteiger partial charge in [0.05, 0.1) is 0 Å². The summed E-state index contributed by atoms with van der Waals surface area (Å²) in [7, 11) is 0. The molecule has 0 N–H and O–H groups in total. The van der Waals surface area contributed by atoms with Crippen LogP contribution in [0.25, 0.3) is 0 Å². The van der Waals surface area contributed by atoms with E-state index in [2.05, 4.69) is 25.0 Å². The van der Waals surface area contributed by atoms with Crippen molar-refractivity contribution in [3.8, 4) is 0 Å². The van der Waals surface area contributed by atoms with E-state index in [1.165, 1.54) is 5.56 Å². The van der Waals surface area contributed by atoms with Gasteiger partial charge in [-0.1, -0.05) is 32.7 Å². The molecule has 65 valence electrons. The zero-order chi connectivity index (χ0) is 8.53. The third-order valence-electron chi connectivity index (χ3n) is 1.09. The predicted molar refractivity (Wildman–Crippen MR) is 48.1 cm³/mol. The van der Waals surface area contributed by atoms with Crippen LogP contribution in [-0.2, 0) is 39.1 Å². The second kappa shape index (κ2) is 11.3. The molecule has 0 aromatic carbocycles. The molecule has 0 saturated carbocycles. The van der Waals surface area contributed by atoms with Crippen molar-refractivity contribution in [2.75, 3.05) is 0 Å². The molecular formula is C10H15NY-2. The van der Waals surface area contributed by atoms with Gasteiger partial charge in [0.2, 0.25) is 0 Å². The van der Waals surface area contributed by atoms with Crippen LogP contribution in [0.2, 0.25) is 0 Å². The molecule has 0 saturated heterocycles. The maximum Gasteiger partial charge on any atom is 0 e. The van der Waals surface area contributed by atoms with Crippen LogP contribution >= 0.6 is 0 Å². The zero-order valence-corrected chi connectivity index (χ0v) is 10.7. The number of pyridine rings is 1. The van der Waals surface area contributed by atoms with E-state index in [9.17, 15) is 0 Å². The predicted octanol–water partition coefficient (Wildman–Crippen LogP) is 2.67. The van der Waals surface area contributed by atoms with E-state index in [0.717, 1.165) is 12.8 Å². The first kappa shape index (κ1) is 14.8. The van der Waals surface area contributed by atoms with E-state index in [4.69, 9.17) is 0 Å². The molecule has 0 aliphatic carbocycles. The number of rotatable bonds is 1. The summed E-state index contributed by atoms with van der Waals surface area (Å²) in [6.45, 7) is 7.61. The molecule has 0 unspecified atom stereocenters. The molecule has 2 heteroatoms. The summed E-state index contributed by atoms with van der Waals surface area (Å²) >= 11 is 0. The van der Waals surface area contributed by atoms with Gasteiger partial charge in [0.25, 0.3) is 0 Å². The van der Waals surface area contributed by atoms with Crippen molar-refractivity contribution < 1.29 is 32.7 Å². The Balaban J connectivity index is 0. The van der Waals surface area contributed by atoms with Crippen LogP contribution in [0, 0.1) is 13.1 Å². The van der Waals surface area contributed by atoms with Crippen LogP contribution in [0.4, 0.5) is 0 Å². The molecule has 1 nitrogen and oxygen atoms in total. The van der Waals surface area contributed by atoms with Crippen LogP contribution in [0.5, 0.6) is 0 Å². The fraction of sp³-hybridized carbons (Fsp3) is 0.400. The number of hydrogen-bond donors (Lipinski definition) is 0. The fourth-order valence-corrected chi connectivity index (χ4v) is 0.560. The van der Waals surface area contributed by atoms with Crippen LogP contribution in [0.15, 0.2) is 18.3 Å². The summed E-state index contributed by atoms with van der Waals surface area (Å²) < 4.78 is 0. The van der Waals surface area contributed by atoms with E-state index < -0.39 is 0 Å². The Morgan fingerprint density at radius 1 is 1.50 bits per heavy atom. The molecule has 1 rings (SSSR count). The first-order valence-corrected chi connectivity index (χ1v) is 3.95. The van der Waals surface area contributed by atoms with Gasteiger partial charge in [0.15, 0.2) is 0 Å². The summed E-state index contributed by atoms with van der Waals surface area (Å²) in [6, 6.07) is 3.85. The molecule has 0 amide bonds. The molecule has 0 bridgehead atoms. The minimum absolute atomic E-state index is 0. The van der Waals surface area contributed by atoms with Crippen molar-refractivity contribution in [1.82, 2.24) is 4.98 Å². The molecule has 1 aromatic heterocycles. The van der Waals surface area contributed by atoms with Gasteiger partial charge in [-0.2, -0.15) is 18.6 Å². The van der Waals surface area contributed by atoms with Crippen molar-refractivity contribution in [3.05, 3.63) is 37.0 Å². The minimum atomic E-state index is 0. The summed E-state index contributed by atoms with van der Waals surface area (Å²) in [5.74, 6) is 0. The van der Waals surface area contributed by atoms with Gasteiger partial charge in [-0.25, -0.2) is 0 Å². The van der Waals surface area contributed by atoms with Gasteiger partial charge >= 0.3 is 0 Å². The molecule has 1 radical (unpaired) electrons. The van der Waals surface area contributed by atoms with Gasteiger partial charge < -0.3 is 11.9 Å². The zero-order valence-electron chi connectivity index (χ0n) is 7.88. The van der Waals surface area contributed by atoms with Gasteiger partial charge in [0.1, 0.15) is 0 Å². The maximum absolute atomic E-state index is 3.83. The normalized spacial score (nSPS) is 7.58. The van der Waals surface area contributed by atoms with Gasteiger partial charge in [-0.15, -0.1) is 5.56 Å². The number of aryl methyl sites for hydroxylation is 1. The smallest absolute Gasteiger partial charge is 0 e. The monoisotopic (exact) mass is 238 g/mol. The molecule has 0 fully saturated rings. The topological polar surface area (TPSA) is 12.9 Å². The minimum Gasteiger partial charge on any atom is -0.394 e. The standard InChI is InChI=1S/C7H8N.C3H7.Y/c1-2-7-4-3-5-8-6-7;1-3-2;/h3-4,6H,2H2,1H3;1,3H2,2H3;/q2*-1;. The van der Waals surface area contributed by atoms with E-state index in [1.807, 2.05) is 25.3 Å². The number of aromatic nitrogens is 1. The van der Waals surface area contributed by atoms with Crippen molar-refractivity contribution in [2.24, 2.45) is 0 Å². The average molecular weight is 238 g/mol. The summed E-state index contributed by atoms with van der Waals surface area (Å²) in [4.78, 5) is 3.83. The summed E-state index contributed by atoms with van der Waals surface area (Å²) in [6.07, 6.45) is 6.61. The SMILES string of the molecule is CCc1cc[c-]nc1.[CH2-]CC.[Y]. The van der Waals surface area contributed by atoms with Crippen LogP contribution < -0.4 is 0 Å². The molecule has 0 atom stereocenters. The number of hydrogen-bond acceptors (Lipinski definition) is 1. The van der Waals surface area contributed by atoms with Crippen LogP contribution in [0.3, 0.4) is 0 Å². The second-order valence-electron chi connectivity index (χ2n) is 2.15. The average Bonchev–Trinajstić information content (AvgIpc) is 2.08. The van der Waals surface area contributed by atoms with Crippen LogP contribution in [-0.4, -0.2) is 4.98 Å². The molecule has 1 aromatic rings. The third-order valence-corrected chi connectivity index (χ3v) is 1.09. The van der Waals surface area contributed by atoms with Crippen molar-refractivity contribution in [1.29, 1.82) is 0 Å². The largest absolute Gasteiger partial charge is 0.394 e. The second-order valence-corrected chi connectivity index (χ2v) is 2.15. The van der Waals surface area contributed by atoms with Gasteiger partial charge in [-0.05, 0) is 0 Å². The Kier molecular flexibility index (Phi) is 13.8. The van der Waals surface area contributed by atoms with E-state index in [1.54, 1.807) is 0 Å². The van der Waals surface area contributed by atoms with Gasteiger partial charge in [-0.3, -0.25) is 0 Å². The summed E-state index contributed by atoms with van der Waals surface area (Å²) in [5.41, 5.74) is 1.27. The molecule has 1 heterocycles. The molecule has 12 heavy (non-hydrogen) atoms. The van der Waals surface area contributed by atoms with E-state index in [0.29, 0.717) is 0 Å². The van der Waals surface area contributed by atoms with Crippen molar-refractivity contribution in [2.45, 2.75) is 26.7 Å². The third kappa shape index (κ3) is 8.35. The quantitative estimate of drug-likeness (QED) is 0.685. The summed E-state index contributed by atoms with van der Waals surface area (Å²) in [5, 5.41) is 0. The van der Waals surface area contributed by atoms with Crippen LogP contribution in [0.1, 0.15) is 25.8 Å². The Hall–Kier alpha value is 0.254. The molecular weight excluding hydrogens is 223 g/mol. The fourth-order valence-electron chi connectivity index (χ4n) is 0.560. The molecule has 0 aliphatic rings. The Bertz CT molecular complexity index is 163. The van der Waals surface area contributed by atoms with Gasteiger partial charge in [0, 0.05) is 32.7 Å². The molecule has 0 spiro atoms. The van der Waals surface area contributed by atoms with E-state index >= 15 is 0 Å². The molecule has 0 aliphatic heterocycles. The first-order valence-electron chi connectivity index (χ1n) is 3.95. The Labute approximate surface area is 101 Å². The van der Waals surface area contributed by atoms with Crippen molar-refractivity contribution >= 4 is 0 Å². The maximum atomic E-state index is 3.83. The number of nitrogens with zero attached hydrogens (tertiary/aromatic N) is 1. The first-order chi connectivity index (χ1) is 5.35.